The normalized spacial score (nSPS) is 21.1. The molecule has 0 saturated carbocycles. The molecule has 2 heterocycles. The van der Waals surface area contributed by atoms with E-state index in [2.05, 4.69) is 68.8 Å². The van der Waals surface area contributed by atoms with Gasteiger partial charge < -0.3 is 118 Å². The maximum atomic E-state index is 15.4. The number of aliphatic hydroxyl groups is 1. The van der Waals surface area contributed by atoms with Crippen LogP contribution in [-0.4, -0.2) is 214 Å². The summed E-state index contributed by atoms with van der Waals surface area (Å²) in [6, 6.07) is 7.75. The number of H-pyrrole nitrogens is 1. The molecule has 6 rings (SSSR count). The first-order valence-electron chi connectivity index (χ1n) is 36.4. The predicted molar refractivity (Wildman–Crippen MR) is 408 cm³/mol. The molecule has 11 atom stereocenters. The molecule has 1 aromatic heterocycles. The van der Waals surface area contributed by atoms with Gasteiger partial charge in [0.1, 0.15) is 78.3 Å². The number of hydrogen-bond donors (Lipinski definition) is 22. The Morgan fingerprint density at radius 1 is 0.637 bits per heavy atom. The minimum Gasteiger partial charge on any atom is -0.492 e. The van der Waals surface area contributed by atoms with Crippen LogP contribution in [0.2, 0.25) is 0 Å². The number of hydrogen-bond acceptors (Lipinski definition) is 20. The average molecular weight is 1570 g/mol. The second-order valence-corrected chi connectivity index (χ2v) is 27.7. The van der Waals surface area contributed by atoms with Gasteiger partial charge >= 0.3 is 5.97 Å². The maximum absolute atomic E-state index is 15.4. The van der Waals surface area contributed by atoms with Crippen molar-refractivity contribution >= 4 is 122 Å². The lowest BCUT2D eigenvalue weighted by atomic mass is 9.97. The zero-order chi connectivity index (χ0) is 83.2. The van der Waals surface area contributed by atoms with Crippen LogP contribution in [0, 0.1) is 5.41 Å². The highest BCUT2D eigenvalue weighted by atomic mass is 16.5. The number of para-hydroxylation sites is 1. The van der Waals surface area contributed by atoms with Crippen LogP contribution in [-0.2, 0) is 96.0 Å². The molecule has 39 heteroatoms. The predicted octanol–water partition coefficient (Wildman–Crippen LogP) is -5.12. The Kier molecular flexibility index (Phi) is 33.9. The van der Waals surface area contributed by atoms with Crippen LogP contribution in [0.15, 0.2) is 97.2 Å². The van der Waals surface area contributed by atoms with Gasteiger partial charge in [-0.3, -0.25) is 77.3 Å². The molecule has 1 aliphatic rings. The van der Waals surface area contributed by atoms with E-state index in [1.54, 1.807) is 91.1 Å². The minimum atomic E-state index is -2.14. The molecule has 1 aliphatic heterocycles. The van der Waals surface area contributed by atoms with Gasteiger partial charge in [-0.05, 0) is 105 Å². The van der Waals surface area contributed by atoms with Gasteiger partial charge in [-0.1, -0.05) is 72.8 Å². The number of carbonyl (C=O) groups excluding carboxylic acids is 15. The van der Waals surface area contributed by atoms with E-state index in [0.29, 0.717) is 38.7 Å². The number of amides is 15. The van der Waals surface area contributed by atoms with Crippen LogP contribution in [0.5, 0.6) is 5.75 Å². The summed E-state index contributed by atoms with van der Waals surface area (Å²) in [4.78, 5) is 226. The van der Waals surface area contributed by atoms with Gasteiger partial charge in [-0.15, -0.1) is 0 Å². The summed E-state index contributed by atoms with van der Waals surface area (Å²) in [6.45, 7) is 4.59. The van der Waals surface area contributed by atoms with Crippen molar-refractivity contribution in [1.29, 1.82) is 5.41 Å². The molecule has 5 aromatic rings. The fourth-order valence-electron chi connectivity index (χ4n) is 12.1. The van der Waals surface area contributed by atoms with Crippen LogP contribution in [0.25, 0.3) is 21.7 Å². The van der Waals surface area contributed by atoms with Crippen molar-refractivity contribution in [2.45, 2.75) is 183 Å². The SMILES string of the molecule is CC(=O)N[C@@H]1CCCNC(=O)CC[C@H](C(=O)N[C@@H](CC(N)=O)C(=O)N[C@@H](CC(N)=O)C(=O)O)NC(=O)C(C)(C)NC(=O)[C@H](Cc2ccc3ccccc3c2)NC(=O)[C@H](Cc2ccc(OCCN)cc2)NC(=O)[C@H](CCCNC(=N)N)NC(=O)[C@H](CCC(N)=O)NC(=O)[C@H](Cc2c[nH]c3ccccc23)NC(=O)[C@H]([C@@H](C)O)NC1=O. The quantitative estimate of drug-likeness (QED) is 0.0133. The first-order valence-corrected chi connectivity index (χ1v) is 36.4. The van der Waals surface area contributed by atoms with Crippen molar-refractivity contribution in [3.8, 4) is 5.75 Å². The highest BCUT2D eigenvalue weighted by molar-refractivity contribution is 6.02. The Balaban J connectivity index is 1.49. The van der Waals surface area contributed by atoms with E-state index >= 15 is 19.2 Å². The van der Waals surface area contributed by atoms with Crippen LogP contribution < -0.4 is 103 Å². The molecular formula is C74H100N20O19. The average Bonchev–Trinajstić information content (AvgIpc) is 1.78. The minimum absolute atomic E-state index is 0.0254. The number of aromatic nitrogens is 1. The molecule has 1 saturated heterocycles. The second-order valence-electron chi connectivity index (χ2n) is 27.7. The highest BCUT2D eigenvalue weighted by Gasteiger charge is 2.40. The van der Waals surface area contributed by atoms with E-state index < -0.39 is 211 Å². The Labute approximate surface area is 648 Å². The van der Waals surface area contributed by atoms with Gasteiger partial charge in [0.25, 0.3) is 0 Å². The standard InChI is InChI=1S/C74H100N20O19/c1-38(95)61-70(109)90-54(34-44-37-83-47-14-8-7-13-46(44)47)67(106)86-50(23-25-57(76)97)63(102)85-49(16-10-29-82-73(79)80)62(101)87-52(32-40-18-21-45(22-19-40)113-30-27-75)66(105)88-53(33-41-17-20-42-11-5-6-12-43(42)31-41)69(108)94-74(3,4)72(112)92-51(24-26-60(100)81-28-9-15-48(65(104)93-61)84-39(2)96)64(103)89-55(35-58(77)98)68(107)91-56(71(110)111)36-59(78)99/h5-8,11-14,17-22,31,37-38,48-56,61,83,95H,9-10,15-16,23-30,32-36,75H2,1-4H3,(H2,76,97)(H2,77,98)(H2,78,99)(H,81,100)(H,84,96)(H,85,102)(H,86,106)(H,87,101)(H,88,105)(H,89,103)(H,90,109)(H,91,107)(H,92,112)(H,93,104)(H,94,108)(H,110,111)(H4,79,80,82)/t38-,48-,49+,50+,51-,52+,53+,54+,55+,56+,61+/m1/s1. The Morgan fingerprint density at radius 2 is 1.21 bits per heavy atom. The Bertz CT molecular complexity index is 4300. The van der Waals surface area contributed by atoms with E-state index in [1.165, 1.54) is 13.8 Å². The van der Waals surface area contributed by atoms with E-state index in [-0.39, 0.29) is 71.2 Å². The van der Waals surface area contributed by atoms with Gasteiger partial charge in [0, 0.05) is 75.8 Å². The fourth-order valence-corrected chi connectivity index (χ4v) is 12.1. The second kappa shape index (κ2) is 43.0. The van der Waals surface area contributed by atoms with Gasteiger partial charge in [0.2, 0.25) is 88.6 Å². The number of aliphatic carboxylic acids is 1. The zero-order valence-corrected chi connectivity index (χ0v) is 62.8. The number of primary amides is 3. The monoisotopic (exact) mass is 1570 g/mol. The summed E-state index contributed by atoms with van der Waals surface area (Å²) in [5, 5.41) is 63.3. The molecule has 0 radical (unpaired) electrons. The molecule has 0 unspecified atom stereocenters. The molecule has 4 aromatic carbocycles. The number of aliphatic hydroxyl groups excluding tert-OH is 1. The smallest absolute Gasteiger partial charge is 0.326 e. The molecule has 39 nitrogen and oxygen atoms in total. The van der Waals surface area contributed by atoms with Crippen LogP contribution in [0.1, 0.15) is 109 Å². The van der Waals surface area contributed by atoms with E-state index in [1.807, 2.05) is 11.4 Å². The van der Waals surface area contributed by atoms with Crippen LogP contribution in [0.4, 0.5) is 0 Å². The van der Waals surface area contributed by atoms with Gasteiger partial charge in [0.15, 0.2) is 5.96 Å². The number of nitrogens with two attached hydrogens (primary N) is 5. The summed E-state index contributed by atoms with van der Waals surface area (Å²) >= 11 is 0. The molecule has 610 valence electrons. The number of nitrogens with one attached hydrogen (secondary N) is 15. The maximum Gasteiger partial charge on any atom is 0.326 e. The molecule has 0 spiro atoms. The summed E-state index contributed by atoms with van der Waals surface area (Å²) in [7, 11) is 0. The highest BCUT2D eigenvalue weighted by Crippen LogP contribution is 2.22. The number of carbonyl (C=O) groups is 16. The van der Waals surface area contributed by atoms with Crippen molar-refractivity contribution in [3.63, 3.8) is 0 Å². The molecule has 0 bridgehead atoms. The number of aromatic amines is 1. The number of rotatable bonds is 27. The number of guanidine groups is 1. The van der Waals surface area contributed by atoms with E-state index in [0.717, 1.165) is 19.2 Å². The van der Waals surface area contributed by atoms with Gasteiger partial charge in [-0.2, -0.15) is 0 Å². The van der Waals surface area contributed by atoms with Gasteiger partial charge in [0.05, 0.1) is 18.9 Å². The summed E-state index contributed by atoms with van der Waals surface area (Å²) < 4.78 is 5.68. The van der Waals surface area contributed by atoms with Crippen LogP contribution in [0.3, 0.4) is 0 Å². The number of carboxylic acid groups (broad SMARTS) is 1. The van der Waals surface area contributed by atoms with Crippen molar-refractivity contribution in [1.82, 2.24) is 74.1 Å². The number of ether oxygens (including phenoxy) is 1. The molecule has 15 amide bonds. The first kappa shape index (κ1) is 89.1. The lowest BCUT2D eigenvalue weighted by Gasteiger charge is -2.31. The molecule has 0 aliphatic carbocycles. The number of carboxylic acids is 1. The fraction of sp³-hybridized carbons (Fsp3) is 0.446. The Morgan fingerprint density at radius 3 is 1.83 bits per heavy atom. The van der Waals surface area contributed by atoms with E-state index in [4.69, 9.17) is 38.8 Å². The van der Waals surface area contributed by atoms with E-state index in [9.17, 15) is 67.7 Å². The third kappa shape index (κ3) is 28.9. The third-order valence-corrected chi connectivity index (χ3v) is 18.0. The summed E-state index contributed by atoms with van der Waals surface area (Å²) in [5.74, 6) is -18.0. The lowest BCUT2D eigenvalue weighted by Crippen LogP contribution is -2.64. The van der Waals surface area contributed by atoms with Crippen LogP contribution >= 0.6 is 0 Å². The van der Waals surface area contributed by atoms with Gasteiger partial charge in [-0.25, -0.2) is 4.79 Å². The molecule has 113 heavy (non-hydrogen) atoms. The summed E-state index contributed by atoms with van der Waals surface area (Å²) in [6.07, 6.45) is -6.18. The van der Waals surface area contributed by atoms with Crippen molar-refractivity contribution in [2.24, 2.45) is 28.7 Å². The zero-order valence-electron chi connectivity index (χ0n) is 62.8. The largest absolute Gasteiger partial charge is 0.492 e. The lowest BCUT2D eigenvalue weighted by molar-refractivity contribution is -0.144. The molecular weight excluding hydrogens is 1470 g/mol. The summed E-state index contributed by atoms with van der Waals surface area (Å²) in [5.41, 5.74) is 27.3. The number of fused-ring (bicyclic) bond motifs is 2. The Hall–Kier alpha value is -12.8. The first-order chi connectivity index (χ1) is 53.5. The van der Waals surface area contributed by atoms with Crippen molar-refractivity contribution in [3.05, 3.63) is 114 Å². The third-order valence-electron chi connectivity index (χ3n) is 18.0. The molecule has 1 fully saturated rings. The molecule has 27 N–H and O–H groups in total. The van der Waals surface area contributed by atoms with Crippen molar-refractivity contribution < 1.29 is 91.7 Å². The topological polar surface area (TPSA) is 649 Å². The van der Waals surface area contributed by atoms with Crippen molar-refractivity contribution in [2.75, 3.05) is 26.2 Å². The number of benzene rings is 4.